The Morgan fingerprint density at radius 1 is 1.13 bits per heavy atom. The van der Waals surface area contributed by atoms with E-state index in [0.29, 0.717) is 25.2 Å². The molecule has 45 heavy (non-hydrogen) atoms. The molecule has 3 fully saturated rings. The maximum absolute atomic E-state index is 14.1. The summed E-state index contributed by atoms with van der Waals surface area (Å²) >= 11 is 11.2. The number of ether oxygens (including phenoxy) is 2. The standard InChI is InChI=1S/C33H40BrClN4O6/c1-6-27(42)44-17-26(41)33(45-28(43)7-2)18(3)10-23-22-9-8-20-11-24-19(16-39(38-24)29-36-14-21(34)15-37-29)12-30(20,4)32(22,35)25(40)13-31(23,33)5/h11,14-16,18,22-23,25,40H,6-10,12-13,17H2,1-5H3/t18-,22-,23-,25-,30-,31-,32-,33-/m0/s1. The van der Waals surface area contributed by atoms with Crippen LogP contribution in [-0.2, 0) is 30.3 Å². The van der Waals surface area contributed by atoms with Crippen molar-refractivity contribution in [3.8, 4) is 5.95 Å². The second kappa shape index (κ2) is 11.3. The molecule has 12 heteroatoms. The normalized spacial score (nSPS) is 36.6. The zero-order chi connectivity index (χ0) is 32.5. The van der Waals surface area contributed by atoms with Gasteiger partial charge in [0.1, 0.15) is 0 Å². The molecule has 0 unspecified atom stereocenters. The number of rotatable bonds is 7. The molecule has 1 N–H and O–H groups in total. The van der Waals surface area contributed by atoms with Crippen LogP contribution in [0.1, 0.15) is 84.4 Å². The van der Waals surface area contributed by atoms with Crippen molar-refractivity contribution in [3.63, 3.8) is 0 Å². The van der Waals surface area contributed by atoms with E-state index >= 15 is 0 Å². The Morgan fingerprint density at radius 2 is 1.82 bits per heavy atom. The largest absolute Gasteiger partial charge is 0.457 e. The molecule has 0 bridgehead atoms. The second-order valence-corrected chi connectivity index (χ2v) is 15.2. The summed E-state index contributed by atoms with van der Waals surface area (Å²) in [5.41, 5.74) is -0.0994. The molecular formula is C33H40BrClN4O6. The topological polar surface area (TPSA) is 134 Å². The van der Waals surface area contributed by atoms with Crippen LogP contribution in [0.4, 0.5) is 0 Å². The first-order chi connectivity index (χ1) is 21.2. The summed E-state index contributed by atoms with van der Waals surface area (Å²) < 4.78 is 13.9. The molecule has 0 aromatic carbocycles. The van der Waals surface area contributed by atoms with Gasteiger partial charge in [-0.2, -0.15) is 5.10 Å². The predicted octanol–water partition coefficient (Wildman–Crippen LogP) is 5.40. The van der Waals surface area contributed by atoms with Gasteiger partial charge in [-0.05, 0) is 71.5 Å². The lowest BCUT2D eigenvalue weighted by molar-refractivity contribution is -0.204. The van der Waals surface area contributed by atoms with Gasteiger partial charge >= 0.3 is 11.9 Å². The third-order valence-corrected chi connectivity index (χ3v) is 12.9. The predicted molar refractivity (Wildman–Crippen MR) is 169 cm³/mol. The molecule has 0 radical (unpaired) electrons. The monoisotopic (exact) mass is 702 g/mol. The van der Waals surface area contributed by atoms with Crippen molar-refractivity contribution < 1.29 is 29.0 Å². The number of aliphatic hydroxyl groups excluding tert-OH is 1. The minimum Gasteiger partial charge on any atom is -0.457 e. The van der Waals surface area contributed by atoms with Gasteiger partial charge in [-0.25, -0.2) is 14.6 Å². The number of alkyl halides is 1. The smallest absolute Gasteiger partial charge is 0.306 e. The number of aromatic nitrogens is 4. The summed E-state index contributed by atoms with van der Waals surface area (Å²) in [4.78, 5) is 46.8. The van der Waals surface area contributed by atoms with E-state index in [2.05, 4.69) is 38.9 Å². The summed E-state index contributed by atoms with van der Waals surface area (Å²) in [7, 11) is 0. The summed E-state index contributed by atoms with van der Waals surface area (Å²) in [6.07, 6.45) is 9.39. The number of Topliss-reactive ketones (excluding diaryl/α,β-unsaturated/α-hetero) is 1. The number of carbonyl (C=O) groups excluding carboxylic acids is 3. The van der Waals surface area contributed by atoms with Gasteiger partial charge in [-0.3, -0.25) is 14.4 Å². The molecule has 10 nitrogen and oxygen atoms in total. The van der Waals surface area contributed by atoms with Gasteiger partial charge in [0.15, 0.2) is 12.2 Å². The quantitative estimate of drug-likeness (QED) is 0.297. The van der Waals surface area contributed by atoms with Crippen molar-refractivity contribution in [2.24, 2.45) is 28.6 Å². The Hall–Kier alpha value is -2.63. The molecule has 3 saturated carbocycles. The average molecular weight is 704 g/mol. The van der Waals surface area contributed by atoms with Crippen LogP contribution in [0, 0.1) is 28.6 Å². The number of aliphatic hydroxyl groups is 1. The fraction of sp³-hybridized carbons (Fsp3) is 0.636. The summed E-state index contributed by atoms with van der Waals surface area (Å²) in [5.74, 6) is -1.64. The number of nitrogens with zero attached hydrogens (tertiary/aromatic N) is 4. The van der Waals surface area contributed by atoms with Gasteiger partial charge in [-0.15, -0.1) is 11.6 Å². The fourth-order valence-corrected chi connectivity index (χ4v) is 10.1. The van der Waals surface area contributed by atoms with E-state index < -0.39 is 51.7 Å². The molecular weight excluding hydrogens is 664 g/mol. The first-order valence-corrected chi connectivity index (χ1v) is 17.0. The Kier molecular flexibility index (Phi) is 8.09. The lowest BCUT2D eigenvalue weighted by atomic mass is 9.44. The van der Waals surface area contributed by atoms with Crippen molar-refractivity contribution in [2.75, 3.05) is 6.61 Å². The van der Waals surface area contributed by atoms with Crippen molar-refractivity contribution in [3.05, 3.63) is 39.9 Å². The summed E-state index contributed by atoms with van der Waals surface area (Å²) in [6.45, 7) is 8.89. The van der Waals surface area contributed by atoms with Crippen LogP contribution in [0.15, 0.2) is 28.6 Å². The lowest BCUT2D eigenvalue weighted by Gasteiger charge is -2.64. The van der Waals surface area contributed by atoms with Crippen LogP contribution >= 0.6 is 27.5 Å². The SMILES string of the molecule is CCC(=O)OCC(=O)[C@@]1(OC(=O)CC)[C@@H](C)C[C@H]2[C@@H]3CCC4=Cc5nn(-c6ncc(Br)cn6)cc5C[C@]4(C)[C@@]3(Cl)[C@@H](O)C[C@@]21C. The van der Waals surface area contributed by atoms with Crippen molar-refractivity contribution in [1.29, 1.82) is 0 Å². The van der Waals surface area contributed by atoms with Gasteiger partial charge in [-0.1, -0.05) is 40.2 Å². The maximum atomic E-state index is 14.1. The first-order valence-electron chi connectivity index (χ1n) is 15.8. The summed E-state index contributed by atoms with van der Waals surface area (Å²) in [6, 6.07) is 0. The van der Waals surface area contributed by atoms with E-state index in [0.717, 1.165) is 27.7 Å². The van der Waals surface area contributed by atoms with Crippen molar-refractivity contribution in [1.82, 2.24) is 19.7 Å². The highest BCUT2D eigenvalue weighted by molar-refractivity contribution is 9.10. The highest BCUT2D eigenvalue weighted by Crippen LogP contribution is 2.72. The number of hydrogen-bond acceptors (Lipinski definition) is 9. The van der Waals surface area contributed by atoms with Crippen LogP contribution in [0.2, 0.25) is 0 Å². The van der Waals surface area contributed by atoms with Crippen LogP contribution in [-0.4, -0.2) is 65.8 Å². The minimum absolute atomic E-state index is 0.0935. The first kappa shape index (κ1) is 32.3. The molecule has 0 saturated heterocycles. The van der Waals surface area contributed by atoms with Crippen LogP contribution in [0.25, 0.3) is 12.0 Å². The number of halogens is 2. The molecule has 2 aromatic rings. The van der Waals surface area contributed by atoms with Gasteiger partial charge in [0.05, 0.1) is 21.1 Å². The van der Waals surface area contributed by atoms with Crippen LogP contribution in [0.5, 0.6) is 0 Å². The molecule has 4 aliphatic rings. The Bertz CT molecular complexity index is 1580. The van der Waals surface area contributed by atoms with E-state index in [1.165, 1.54) is 0 Å². The highest BCUT2D eigenvalue weighted by Gasteiger charge is 2.76. The second-order valence-electron chi connectivity index (χ2n) is 13.7. The van der Waals surface area contributed by atoms with Crippen molar-refractivity contribution in [2.45, 2.75) is 96.1 Å². The number of allylic oxidation sites excluding steroid dienone is 1. The maximum Gasteiger partial charge on any atom is 0.306 e. The Morgan fingerprint density at radius 3 is 2.49 bits per heavy atom. The zero-order valence-electron chi connectivity index (χ0n) is 26.3. The summed E-state index contributed by atoms with van der Waals surface area (Å²) in [5, 5.41) is 17.0. The lowest BCUT2D eigenvalue weighted by Crippen LogP contribution is -2.70. The number of ketones is 1. The number of esters is 2. The van der Waals surface area contributed by atoms with Crippen LogP contribution in [0.3, 0.4) is 0 Å². The minimum atomic E-state index is -1.56. The number of hydrogen-bond donors (Lipinski definition) is 1. The van der Waals surface area contributed by atoms with E-state index in [1.807, 2.05) is 20.0 Å². The molecule has 2 aromatic heterocycles. The molecule has 4 aliphatic carbocycles. The molecule has 2 heterocycles. The Balaban J connectivity index is 1.38. The third-order valence-electron chi connectivity index (χ3n) is 11.5. The van der Waals surface area contributed by atoms with Gasteiger partial charge in [0.25, 0.3) is 5.95 Å². The number of carbonyl (C=O) groups is 3. The van der Waals surface area contributed by atoms with Gasteiger partial charge in [0.2, 0.25) is 5.78 Å². The third kappa shape index (κ3) is 4.58. The average Bonchev–Trinajstić information content (AvgIpc) is 3.51. The molecule has 0 aliphatic heterocycles. The molecule has 0 amide bonds. The Labute approximate surface area is 276 Å². The highest BCUT2D eigenvalue weighted by atomic mass is 79.9. The van der Waals surface area contributed by atoms with E-state index in [-0.39, 0.29) is 37.0 Å². The number of fused-ring (bicyclic) bond motifs is 6. The molecule has 8 atom stereocenters. The van der Waals surface area contributed by atoms with Crippen LogP contribution < -0.4 is 0 Å². The van der Waals surface area contributed by atoms with Gasteiger partial charge in [0, 0.05) is 48.2 Å². The molecule has 6 rings (SSSR count). The van der Waals surface area contributed by atoms with Gasteiger partial charge < -0.3 is 14.6 Å². The molecule has 242 valence electrons. The van der Waals surface area contributed by atoms with E-state index in [1.54, 1.807) is 30.9 Å². The zero-order valence-corrected chi connectivity index (χ0v) is 28.7. The van der Waals surface area contributed by atoms with E-state index in [4.69, 9.17) is 26.2 Å². The van der Waals surface area contributed by atoms with Crippen molar-refractivity contribution >= 4 is 51.3 Å². The molecule has 0 spiro atoms. The fourth-order valence-electron chi connectivity index (χ4n) is 9.38. The van der Waals surface area contributed by atoms with E-state index in [9.17, 15) is 19.5 Å².